The van der Waals surface area contributed by atoms with Gasteiger partial charge in [0.25, 0.3) is 0 Å². The molecule has 1 amide bonds. The van der Waals surface area contributed by atoms with E-state index in [1.54, 1.807) is 0 Å². The number of aryl methyl sites for hydroxylation is 1. The van der Waals surface area contributed by atoms with Crippen LogP contribution in [0.15, 0.2) is 30.6 Å². The average Bonchev–Trinajstić information content (AvgIpc) is 3.24. The number of aromatic nitrogens is 5. The highest BCUT2D eigenvalue weighted by atomic mass is 16.2. The lowest BCUT2D eigenvalue weighted by Crippen LogP contribution is -2.41. The van der Waals surface area contributed by atoms with Gasteiger partial charge in [0.15, 0.2) is 5.82 Å². The summed E-state index contributed by atoms with van der Waals surface area (Å²) in [5.41, 5.74) is 2.02. The van der Waals surface area contributed by atoms with E-state index < -0.39 is 0 Å². The standard InChI is InChI=1S/C19H24N6O/c1-13(2)19-22-21-17-11-24(10-14(3)25(17)19)18(26)8-9-23-12-20-15-6-4-5-7-16(15)23/h4-7,12-14H,8-11H2,1-3H3/t14-/m0/s1. The van der Waals surface area contributed by atoms with Gasteiger partial charge in [-0.15, -0.1) is 10.2 Å². The molecule has 0 N–H and O–H groups in total. The zero-order valence-electron chi connectivity index (χ0n) is 15.5. The molecular weight excluding hydrogens is 328 g/mol. The Morgan fingerprint density at radius 3 is 2.88 bits per heavy atom. The first kappa shape index (κ1) is 16.8. The summed E-state index contributed by atoms with van der Waals surface area (Å²) in [5.74, 6) is 2.36. The van der Waals surface area contributed by atoms with Crippen LogP contribution in [0.4, 0.5) is 0 Å². The Morgan fingerprint density at radius 2 is 2.08 bits per heavy atom. The van der Waals surface area contributed by atoms with Crippen molar-refractivity contribution in [2.24, 2.45) is 0 Å². The van der Waals surface area contributed by atoms with Crippen LogP contribution in [0.25, 0.3) is 11.0 Å². The topological polar surface area (TPSA) is 68.8 Å². The van der Waals surface area contributed by atoms with Crippen molar-refractivity contribution < 1.29 is 4.79 Å². The molecule has 7 heteroatoms. The van der Waals surface area contributed by atoms with E-state index in [9.17, 15) is 4.79 Å². The molecule has 0 radical (unpaired) electrons. The lowest BCUT2D eigenvalue weighted by molar-refractivity contribution is -0.133. The molecule has 0 saturated carbocycles. The molecule has 0 unspecified atom stereocenters. The van der Waals surface area contributed by atoms with E-state index in [4.69, 9.17) is 0 Å². The lowest BCUT2D eigenvalue weighted by atomic mass is 10.1. The van der Waals surface area contributed by atoms with E-state index in [1.807, 2.05) is 40.1 Å². The summed E-state index contributed by atoms with van der Waals surface area (Å²) in [5, 5.41) is 8.64. The molecule has 1 aromatic carbocycles. The Bertz CT molecular complexity index is 941. The molecule has 1 aliphatic rings. The Kier molecular flexibility index (Phi) is 4.22. The van der Waals surface area contributed by atoms with Gasteiger partial charge in [0, 0.05) is 25.4 Å². The Hall–Kier alpha value is -2.70. The molecule has 3 aromatic rings. The second-order valence-corrected chi connectivity index (χ2v) is 7.30. The molecule has 7 nitrogen and oxygen atoms in total. The van der Waals surface area contributed by atoms with Crippen LogP contribution in [0.2, 0.25) is 0 Å². The van der Waals surface area contributed by atoms with Crippen molar-refractivity contribution in [3.63, 3.8) is 0 Å². The number of fused-ring (bicyclic) bond motifs is 2. The van der Waals surface area contributed by atoms with Gasteiger partial charge in [-0.1, -0.05) is 26.0 Å². The third kappa shape index (κ3) is 2.87. The summed E-state index contributed by atoms with van der Waals surface area (Å²) in [6.45, 7) is 8.24. The normalized spacial score (nSPS) is 17.1. The smallest absolute Gasteiger partial charge is 0.224 e. The summed E-state index contributed by atoms with van der Waals surface area (Å²) >= 11 is 0. The van der Waals surface area contributed by atoms with E-state index in [1.165, 1.54) is 0 Å². The minimum atomic E-state index is 0.148. The molecule has 136 valence electrons. The fraction of sp³-hybridized carbons (Fsp3) is 0.474. The summed E-state index contributed by atoms with van der Waals surface area (Å²) in [4.78, 5) is 19.0. The van der Waals surface area contributed by atoms with Gasteiger partial charge in [-0.25, -0.2) is 4.98 Å². The van der Waals surface area contributed by atoms with Gasteiger partial charge in [0.1, 0.15) is 5.82 Å². The first-order valence-corrected chi connectivity index (χ1v) is 9.16. The molecule has 0 fully saturated rings. The number of para-hydroxylation sites is 2. The van der Waals surface area contributed by atoms with E-state index in [0.717, 1.165) is 22.7 Å². The van der Waals surface area contributed by atoms with Crippen molar-refractivity contribution in [3.05, 3.63) is 42.2 Å². The van der Waals surface area contributed by atoms with E-state index in [2.05, 4.69) is 40.5 Å². The molecule has 2 aromatic heterocycles. The van der Waals surface area contributed by atoms with Gasteiger partial charge in [-0.05, 0) is 19.1 Å². The first-order valence-electron chi connectivity index (χ1n) is 9.16. The molecule has 3 heterocycles. The van der Waals surface area contributed by atoms with Crippen molar-refractivity contribution in [3.8, 4) is 0 Å². The number of carbonyl (C=O) groups is 1. The number of amides is 1. The zero-order valence-corrected chi connectivity index (χ0v) is 15.5. The summed E-state index contributed by atoms with van der Waals surface area (Å²) in [7, 11) is 0. The molecule has 0 bridgehead atoms. The van der Waals surface area contributed by atoms with E-state index in [0.29, 0.717) is 32.0 Å². The zero-order chi connectivity index (χ0) is 18.3. The minimum absolute atomic E-state index is 0.148. The molecule has 1 aliphatic heterocycles. The first-order chi connectivity index (χ1) is 12.5. The van der Waals surface area contributed by atoms with Crippen LogP contribution in [0, 0.1) is 0 Å². The average molecular weight is 352 g/mol. The van der Waals surface area contributed by atoms with Crippen LogP contribution in [0.3, 0.4) is 0 Å². The van der Waals surface area contributed by atoms with Crippen LogP contribution in [-0.4, -0.2) is 41.7 Å². The number of rotatable bonds is 4. The van der Waals surface area contributed by atoms with Crippen molar-refractivity contribution in [1.82, 2.24) is 29.2 Å². The van der Waals surface area contributed by atoms with Gasteiger partial charge in [0.2, 0.25) is 5.91 Å². The van der Waals surface area contributed by atoms with Gasteiger partial charge >= 0.3 is 0 Å². The molecule has 0 spiro atoms. The molecule has 0 aliphatic carbocycles. The predicted octanol–water partition coefficient (Wildman–Crippen LogP) is 2.74. The molecule has 26 heavy (non-hydrogen) atoms. The predicted molar refractivity (Wildman–Crippen MR) is 98.6 cm³/mol. The number of imidazole rings is 1. The Morgan fingerprint density at radius 1 is 1.27 bits per heavy atom. The van der Waals surface area contributed by atoms with Gasteiger partial charge in [0.05, 0.1) is 29.9 Å². The van der Waals surface area contributed by atoms with Crippen molar-refractivity contribution >= 4 is 16.9 Å². The maximum atomic E-state index is 12.8. The maximum Gasteiger partial charge on any atom is 0.224 e. The maximum absolute atomic E-state index is 12.8. The number of nitrogens with zero attached hydrogens (tertiary/aromatic N) is 6. The second kappa shape index (κ2) is 6.55. The summed E-state index contributed by atoms with van der Waals surface area (Å²) < 4.78 is 4.23. The number of benzene rings is 1. The quantitative estimate of drug-likeness (QED) is 0.724. The number of carbonyl (C=O) groups excluding carboxylic acids is 1. The molecule has 1 atom stereocenters. The van der Waals surface area contributed by atoms with E-state index >= 15 is 0 Å². The molecule has 0 saturated heterocycles. The monoisotopic (exact) mass is 352 g/mol. The molecule has 4 rings (SSSR count). The highest BCUT2D eigenvalue weighted by Crippen LogP contribution is 2.25. The highest BCUT2D eigenvalue weighted by Gasteiger charge is 2.29. The molecular formula is C19H24N6O. The number of hydrogen-bond donors (Lipinski definition) is 0. The largest absolute Gasteiger partial charge is 0.333 e. The minimum Gasteiger partial charge on any atom is -0.333 e. The van der Waals surface area contributed by atoms with Crippen molar-refractivity contribution in [2.45, 2.75) is 52.2 Å². The third-order valence-electron chi connectivity index (χ3n) is 5.01. The van der Waals surface area contributed by atoms with Gasteiger partial charge in [-0.2, -0.15) is 0 Å². The fourth-order valence-electron chi connectivity index (χ4n) is 3.71. The fourth-order valence-corrected chi connectivity index (χ4v) is 3.71. The van der Waals surface area contributed by atoms with Gasteiger partial charge < -0.3 is 14.0 Å². The van der Waals surface area contributed by atoms with Gasteiger partial charge in [-0.3, -0.25) is 4.79 Å². The Labute approximate surface area is 152 Å². The van der Waals surface area contributed by atoms with Crippen LogP contribution in [0.1, 0.15) is 50.8 Å². The second-order valence-electron chi connectivity index (χ2n) is 7.30. The number of hydrogen-bond acceptors (Lipinski definition) is 4. The van der Waals surface area contributed by atoms with Crippen LogP contribution in [0.5, 0.6) is 0 Å². The Balaban J connectivity index is 1.45. The summed E-state index contributed by atoms with van der Waals surface area (Å²) in [6.07, 6.45) is 2.26. The summed E-state index contributed by atoms with van der Waals surface area (Å²) in [6, 6.07) is 8.18. The lowest BCUT2D eigenvalue weighted by Gasteiger charge is -2.33. The van der Waals surface area contributed by atoms with Crippen molar-refractivity contribution in [2.75, 3.05) is 6.54 Å². The van der Waals surface area contributed by atoms with Crippen LogP contribution < -0.4 is 0 Å². The van der Waals surface area contributed by atoms with Crippen LogP contribution >= 0.6 is 0 Å². The SMILES string of the molecule is CC(C)c1nnc2n1[C@@H](C)CN(C(=O)CCn1cnc3ccccc31)C2. The van der Waals surface area contributed by atoms with Crippen LogP contribution in [-0.2, 0) is 17.9 Å². The van der Waals surface area contributed by atoms with E-state index in [-0.39, 0.29) is 11.9 Å². The van der Waals surface area contributed by atoms with Crippen molar-refractivity contribution in [1.29, 1.82) is 0 Å². The highest BCUT2D eigenvalue weighted by molar-refractivity contribution is 5.77. The third-order valence-corrected chi connectivity index (χ3v) is 5.01.